The molecule has 6 rings (SSSR count). The molecule has 2 aliphatic heterocycles. The predicted molar refractivity (Wildman–Crippen MR) is 172 cm³/mol. The Kier molecular flexibility index (Phi) is 9.38. The van der Waals surface area contributed by atoms with Gasteiger partial charge in [-0.3, -0.25) is 9.59 Å². The van der Waals surface area contributed by atoms with Crippen LogP contribution in [0.1, 0.15) is 49.4 Å². The van der Waals surface area contributed by atoms with E-state index in [1.807, 2.05) is 0 Å². The van der Waals surface area contributed by atoms with E-state index in [0.717, 1.165) is 18.2 Å². The van der Waals surface area contributed by atoms with Gasteiger partial charge < -0.3 is 60.2 Å². The summed E-state index contributed by atoms with van der Waals surface area (Å²) in [5.41, 5.74) is 0.500. The lowest BCUT2D eigenvalue weighted by molar-refractivity contribution is -0.277. The molecule has 0 amide bonds. The molecular weight excluding hydrogens is 656 g/mol. The summed E-state index contributed by atoms with van der Waals surface area (Å²) in [6.07, 6.45) is -6.57. The standard InChI is InChI=1S/C36H32O14/c37-15-28-31(44)33(46)34(47)36(50-28)48-20-13-26(43)30-27(14-20)49-35(17-3-5-18(38)6-4-17)29(32(30)45)22-11-16(2-10-24(22)41)1-9-23(40)21-8-7-19(39)12-25(21)42/h1-14,28-29,31,33-39,41-44,46-47H,15H2/b9-1+/t28-,29-,31-,33+,34+,35+,36-/m0/s1. The van der Waals surface area contributed by atoms with E-state index < -0.39 is 72.4 Å². The van der Waals surface area contributed by atoms with E-state index in [1.54, 1.807) is 0 Å². The van der Waals surface area contributed by atoms with Crippen molar-refractivity contribution in [1.29, 1.82) is 0 Å². The van der Waals surface area contributed by atoms with Gasteiger partial charge in [0, 0.05) is 23.8 Å². The summed E-state index contributed by atoms with van der Waals surface area (Å²) in [5, 5.41) is 91.8. The van der Waals surface area contributed by atoms with E-state index in [4.69, 9.17) is 14.2 Å². The number of allylic oxidation sites excluding steroid dienone is 1. The monoisotopic (exact) mass is 688 g/mol. The molecule has 2 heterocycles. The third kappa shape index (κ3) is 6.53. The average Bonchev–Trinajstić information content (AvgIpc) is 3.08. The highest BCUT2D eigenvalue weighted by Gasteiger charge is 2.46. The maximum Gasteiger partial charge on any atom is 0.229 e. The summed E-state index contributed by atoms with van der Waals surface area (Å²) in [4.78, 5) is 27.0. The summed E-state index contributed by atoms with van der Waals surface area (Å²) in [6.45, 7) is -0.699. The number of hydrogen-bond donors (Lipinski definition) is 9. The van der Waals surface area contributed by atoms with Crippen molar-refractivity contribution < 1.29 is 69.8 Å². The summed E-state index contributed by atoms with van der Waals surface area (Å²) >= 11 is 0. The molecule has 0 aromatic heterocycles. The Morgan fingerprint density at radius 3 is 2.20 bits per heavy atom. The lowest BCUT2D eigenvalue weighted by atomic mass is 9.80. The van der Waals surface area contributed by atoms with Gasteiger partial charge in [0.15, 0.2) is 11.6 Å². The molecule has 14 heteroatoms. The average molecular weight is 689 g/mol. The fourth-order valence-corrected chi connectivity index (χ4v) is 5.93. The topological polar surface area (TPSA) is 244 Å². The summed E-state index contributed by atoms with van der Waals surface area (Å²) in [6, 6.07) is 15.8. The molecule has 0 radical (unpaired) electrons. The molecule has 7 atom stereocenters. The zero-order chi connectivity index (χ0) is 35.9. The number of Topliss-reactive ketones (excluding diaryl/α,β-unsaturated/α-hetero) is 1. The van der Waals surface area contributed by atoms with Gasteiger partial charge in [0.2, 0.25) is 6.29 Å². The number of aromatic hydroxyl groups is 5. The molecule has 1 fully saturated rings. The number of aliphatic hydroxyl groups is 4. The van der Waals surface area contributed by atoms with Gasteiger partial charge in [0.25, 0.3) is 0 Å². The molecule has 0 bridgehead atoms. The van der Waals surface area contributed by atoms with E-state index in [0.29, 0.717) is 11.1 Å². The fraction of sp³-hybridized carbons (Fsp3) is 0.222. The van der Waals surface area contributed by atoms with Crippen molar-refractivity contribution >= 4 is 17.6 Å². The van der Waals surface area contributed by atoms with Gasteiger partial charge in [-0.05, 0) is 53.6 Å². The summed E-state index contributed by atoms with van der Waals surface area (Å²) < 4.78 is 17.3. The highest BCUT2D eigenvalue weighted by Crippen LogP contribution is 2.50. The molecule has 0 unspecified atom stereocenters. The first-order valence-corrected chi connectivity index (χ1v) is 15.3. The van der Waals surface area contributed by atoms with Crippen LogP contribution < -0.4 is 9.47 Å². The fourth-order valence-electron chi connectivity index (χ4n) is 5.93. The van der Waals surface area contributed by atoms with E-state index in [1.165, 1.54) is 66.7 Å². The molecule has 0 spiro atoms. The molecule has 9 N–H and O–H groups in total. The molecule has 2 aliphatic rings. The van der Waals surface area contributed by atoms with Crippen molar-refractivity contribution in [3.63, 3.8) is 0 Å². The Labute approximate surface area is 283 Å². The second-order valence-electron chi connectivity index (χ2n) is 11.8. The smallest absolute Gasteiger partial charge is 0.229 e. The van der Waals surface area contributed by atoms with Gasteiger partial charge in [0.1, 0.15) is 76.3 Å². The van der Waals surface area contributed by atoms with Gasteiger partial charge in [-0.1, -0.05) is 24.3 Å². The van der Waals surface area contributed by atoms with E-state index in [-0.39, 0.29) is 45.4 Å². The lowest BCUT2D eigenvalue weighted by Crippen LogP contribution is -2.60. The number of fused-ring (bicyclic) bond motifs is 1. The normalized spacial score (nSPS) is 24.8. The maximum absolute atomic E-state index is 14.3. The molecule has 4 aromatic rings. The minimum absolute atomic E-state index is 0.0664. The number of phenols is 5. The Morgan fingerprint density at radius 2 is 1.50 bits per heavy atom. The molecule has 0 aliphatic carbocycles. The molecule has 50 heavy (non-hydrogen) atoms. The molecular formula is C36H32O14. The van der Waals surface area contributed by atoms with Crippen LogP contribution in [0.4, 0.5) is 0 Å². The van der Waals surface area contributed by atoms with Crippen LogP contribution in [-0.4, -0.2) is 94.8 Å². The van der Waals surface area contributed by atoms with Crippen molar-refractivity contribution in [2.45, 2.75) is 42.7 Å². The quantitative estimate of drug-likeness (QED) is 0.0954. The first-order chi connectivity index (χ1) is 23.9. The van der Waals surface area contributed by atoms with Crippen LogP contribution in [0.25, 0.3) is 6.08 Å². The molecule has 0 saturated carbocycles. The summed E-state index contributed by atoms with van der Waals surface area (Å²) in [7, 11) is 0. The summed E-state index contributed by atoms with van der Waals surface area (Å²) in [5.74, 6) is -4.48. The Morgan fingerprint density at radius 1 is 0.780 bits per heavy atom. The van der Waals surface area contributed by atoms with Gasteiger partial charge in [-0.15, -0.1) is 0 Å². The first kappa shape index (κ1) is 34.2. The second-order valence-corrected chi connectivity index (χ2v) is 11.8. The van der Waals surface area contributed by atoms with Crippen LogP contribution in [0.3, 0.4) is 0 Å². The van der Waals surface area contributed by atoms with Crippen molar-refractivity contribution in [3.05, 3.63) is 107 Å². The van der Waals surface area contributed by atoms with E-state index in [2.05, 4.69) is 0 Å². The molecule has 14 nitrogen and oxygen atoms in total. The third-order valence-electron chi connectivity index (χ3n) is 8.52. The highest BCUT2D eigenvalue weighted by atomic mass is 16.7. The molecule has 1 saturated heterocycles. The Balaban J connectivity index is 1.36. The third-order valence-corrected chi connectivity index (χ3v) is 8.52. The van der Waals surface area contributed by atoms with Crippen LogP contribution in [0.2, 0.25) is 0 Å². The number of rotatable bonds is 8. The Hall–Kier alpha value is -5.64. The Bertz CT molecular complexity index is 1950. The van der Waals surface area contributed by atoms with Crippen molar-refractivity contribution in [2.75, 3.05) is 6.61 Å². The number of ketones is 2. The largest absolute Gasteiger partial charge is 0.508 e. The maximum atomic E-state index is 14.3. The van der Waals surface area contributed by atoms with Crippen molar-refractivity contribution in [3.8, 4) is 40.2 Å². The number of carbonyl (C=O) groups excluding carboxylic acids is 2. The number of phenolic OH excluding ortho intramolecular Hbond substituents is 5. The van der Waals surface area contributed by atoms with Crippen molar-refractivity contribution in [2.24, 2.45) is 0 Å². The number of benzene rings is 4. The number of hydrogen-bond acceptors (Lipinski definition) is 14. The van der Waals surface area contributed by atoms with E-state index in [9.17, 15) is 55.5 Å². The first-order valence-electron chi connectivity index (χ1n) is 15.3. The molecule has 4 aromatic carbocycles. The number of ether oxygens (including phenoxy) is 3. The van der Waals surface area contributed by atoms with Crippen LogP contribution in [0, 0.1) is 0 Å². The minimum atomic E-state index is -1.76. The zero-order valence-electron chi connectivity index (χ0n) is 25.9. The number of carbonyl (C=O) groups is 2. The van der Waals surface area contributed by atoms with Crippen molar-refractivity contribution in [1.82, 2.24) is 0 Å². The van der Waals surface area contributed by atoms with Crippen LogP contribution in [0.15, 0.2) is 78.9 Å². The molecule has 260 valence electrons. The van der Waals surface area contributed by atoms with Gasteiger partial charge >= 0.3 is 0 Å². The number of aliphatic hydroxyl groups excluding tert-OH is 4. The lowest BCUT2D eigenvalue weighted by Gasteiger charge is -2.39. The SMILES string of the molecule is O=C(/C=C/c1ccc(O)c([C@H]2C(=O)c3c(O)cc(O[C@H]4O[C@@H](CO)[C@H](O)[C@@H](O)[C@H]4O)cc3O[C@@H]2c2ccc(O)cc2)c1)c1ccc(O)cc1O. The van der Waals surface area contributed by atoms with E-state index >= 15 is 0 Å². The highest BCUT2D eigenvalue weighted by molar-refractivity contribution is 6.09. The minimum Gasteiger partial charge on any atom is -0.508 e. The van der Waals surface area contributed by atoms with Gasteiger partial charge in [-0.25, -0.2) is 0 Å². The second kappa shape index (κ2) is 13.7. The van der Waals surface area contributed by atoms with Gasteiger partial charge in [-0.2, -0.15) is 0 Å². The zero-order valence-corrected chi connectivity index (χ0v) is 25.9. The predicted octanol–water partition coefficient (Wildman–Crippen LogP) is 2.39. The van der Waals surface area contributed by atoms with Crippen LogP contribution in [-0.2, 0) is 4.74 Å². The van der Waals surface area contributed by atoms with Gasteiger partial charge in [0.05, 0.1) is 18.1 Å². The van der Waals surface area contributed by atoms with Crippen LogP contribution in [0.5, 0.6) is 40.2 Å². The van der Waals surface area contributed by atoms with Crippen LogP contribution >= 0.6 is 0 Å².